The minimum Gasteiger partial charge on any atom is -0.485 e. The zero-order valence-electron chi connectivity index (χ0n) is 16.0. The third kappa shape index (κ3) is 4.67. The molecule has 1 N–H and O–H groups in total. The molecule has 0 fully saturated rings. The summed E-state index contributed by atoms with van der Waals surface area (Å²) in [4.78, 5) is 11.1. The summed E-state index contributed by atoms with van der Waals surface area (Å²) in [5, 5.41) is 12.6. The van der Waals surface area contributed by atoms with Crippen LogP contribution in [0.1, 0.15) is 21.6 Å². The highest BCUT2D eigenvalue weighted by molar-refractivity contribution is 5.86. The summed E-state index contributed by atoms with van der Waals surface area (Å²) in [6.07, 6.45) is 0. The topological polar surface area (TPSA) is 81.8 Å². The normalized spacial score (nSPS) is 10.5. The van der Waals surface area contributed by atoms with Crippen LogP contribution in [-0.2, 0) is 13.2 Å². The maximum Gasteiger partial charge on any atom is 0.358 e. The number of aromatic nitrogens is 1. The van der Waals surface area contributed by atoms with Gasteiger partial charge in [-0.05, 0) is 29.3 Å². The van der Waals surface area contributed by atoms with Crippen molar-refractivity contribution in [2.24, 2.45) is 0 Å². The zero-order chi connectivity index (χ0) is 20.8. The highest BCUT2D eigenvalue weighted by atomic mass is 16.5. The predicted molar refractivity (Wildman–Crippen MR) is 110 cm³/mol. The molecule has 4 rings (SSSR count). The first-order chi connectivity index (χ1) is 14.7. The molecule has 0 bridgehead atoms. The van der Waals surface area contributed by atoms with Crippen LogP contribution in [0, 0.1) is 0 Å². The van der Waals surface area contributed by atoms with E-state index in [0.717, 1.165) is 11.1 Å². The molecule has 1 heterocycles. The van der Waals surface area contributed by atoms with Crippen LogP contribution in [-0.4, -0.2) is 16.2 Å². The number of ether oxygens (including phenoxy) is 2. The number of carboxylic acids is 1. The van der Waals surface area contributed by atoms with Gasteiger partial charge in [0.1, 0.15) is 13.2 Å². The van der Waals surface area contributed by atoms with Gasteiger partial charge in [0.05, 0.1) is 0 Å². The van der Waals surface area contributed by atoms with Crippen LogP contribution in [0.4, 0.5) is 0 Å². The molecular formula is C24H19NO5. The van der Waals surface area contributed by atoms with Crippen molar-refractivity contribution in [3.8, 4) is 22.8 Å². The fraction of sp³-hybridized carbons (Fsp3) is 0.0833. The van der Waals surface area contributed by atoms with Gasteiger partial charge < -0.3 is 19.1 Å². The second-order valence-electron chi connectivity index (χ2n) is 6.59. The summed E-state index contributed by atoms with van der Waals surface area (Å²) in [6, 6.07) is 26.3. The fourth-order valence-electron chi connectivity index (χ4n) is 2.88. The van der Waals surface area contributed by atoms with E-state index in [-0.39, 0.29) is 5.69 Å². The van der Waals surface area contributed by atoms with Crippen LogP contribution in [0.15, 0.2) is 89.5 Å². The molecule has 0 radical (unpaired) electrons. The van der Waals surface area contributed by atoms with E-state index < -0.39 is 5.97 Å². The Morgan fingerprint density at radius 1 is 0.800 bits per heavy atom. The molecule has 0 amide bonds. The Labute approximate surface area is 173 Å². The number of carboxylic acid groups (broad SMARTS) is 1. The van der Waals surface area contributed by atoms with Crippen molar-refractivity contribution in [2.45, 2.75) is 13.2 Å². The second-order valence-corrected chi connectivity index (χ2v) is 6.59. The summed E-state index contributed by atoms with van der Waals surface area (Å²) in [5.41, 5.74) is 2.55. The van der Waals surface area contributed by atoms with E-state index in [0.29, 0.717) is 36.0 Å². The molecule has 1 aromatic heterocycles. The second kappa shape index (κ2) is 8.96. The van der Waals surface area contributed by atoms with Gasteiger partial charge in [0, 0.05) is 11.6 Å². The third-order valence-electron chi connectivity index (χ3n) is 4.43. The number of benzene rings is 3. The van der Waals surface area contributed by atoms with Crippen molar-refractivity contribution in [3.63, 3.8) is 0 Å². The Morgan fingerprint density at radius 2 is 1.40 bits per heavy atom. The van der Waals surface area contributed by atoms with Crippen LogP contribution in [0.2, 0.25) is 0 Å². The Hall–Kier alpha value is -4.06. The van der Waals surface area contributed by atoms with Crippen molar-refractivity contribution in [1.82, 2.24) is 5.16 Å². The van der Waals surface area contributed by atoms with E-state index >= 15 is 0 Å². The molecule has 0 aliphatic heterocycles. The molecule has 0 unspecified atom stereocenters. The SMILES string of the molecule is O=C(O)c1cc(-c2ccc(OCc3ccccc3)c(OCc3ccccc3)c2)on1. The Bertz CT molecular complexity index is 1120. The third-order valence-corrected chi connectivity index (χ3v) is 4.43. The summed E-state index contributed by atoms with van der Waals surface area (Å²) < 4.78 is 17.2. The fourth-order valence-corrected chi connectivity index (χ4v) is 2.88. The summed E-state index contributed by atoms with van der Waals surface area (Å²) >= 11 is 0. The smallest absolute Gasteiger partial charge is 0.358 e. The first kappa shape index (κ1) is 19.3. The van der Waals surface area contributed by atoms with Gasteiger partial charge >= 0.3 is 5.97 Å². The average Bonchev–Trinajstić information content (AvgIpc) is 3.29. The molecule has 30 heavy (non-hydrogen) atoms. The predicted octanol–water partition coefficient (Wildman–Crippen LogP) is 5.20. The molecule has 0 spiro atoms. The average molecular weight is 401 g/mol. The van der Waals surface area contributed by atoms with E-state index in [1.54, 1.807) is 18.2 Å². The van der Waals surface area contributed by atoms with E-state index in [4.69, 9.17) is 19.1 Å². The van der Waals surface area contributed by atoms with Crippen molar-refractivity contribution in [3.05, 3.63) is 102 Å². The van der Waals surface area contributed by atoms with Crippen LogP contribution in [0.3, 0.4) is 0 Å². The number of hydrogen-bond acceptors (Lipinski definition) is 5. The first-order valence-electron chi connectivity index (χ1n) is 9.37. The monoisotopic (exact) mass is 401 g/mol. The molecule has 0 aliphatic carbocycles. The van der Waals surface area contributed by atoms with Gasteiger partial charge in [0.15, 0.2) is 23.0 Å². The number of aromatic carboxylic acids is 1. The maximum absolute atomic E-state index is 11.1. The zero-order valence-corrected chi connectivity index (χ0v) is 16.0. The lowest BCUT2D eigenvalue weighted by Crippen LogP contribution is -2.00. The standard InChI is InChI=1S/C24H19NO5/c26-24(27)20-14-22(30-25-20)19-11-12-21(28-15-17-7-3-1-4-8-17)23(13-19)29-16-18-9-5-2-6-10-18/h1-14H,15-16H2,(H,26,27). The van der Waals surface area contributed by atoms with Gasteiger partial charge in [0.25, 0.3) is 0 Å². The molecule has 0 saturated heterocycles. The van der Waals surface area contributed by atoms with E-state index in [2.05, 4.69) is 5.16 Å². The molecule has 6 nitrogen and oxygen atoms in total. The van der Waals surface area contributed by atoms with Crippen LogP contribution < -0.4 is 9.47 Å². The molecule has 4 aromatic rings. The summed E-state index contributed by atoms with van der Waals surface area (Å²) in [7, 11) is 0. The van der Waals surface area contributed by atoms with Crippen LogP contribution in [0.5, 0.6) is 11.5 Å². The first-order valence-corrected chi connectivity index (χ1v) is 9.37. The molecule has 0 saturated carbocycles. The van der Waals surface area contributed by atoms with Gasteiger partial charge in [-0.15, -0.1) is 0 Å². The molecule has 0 aliphatic rings. The van der Waals surface area contributed by atoms with Gasteiger partial charge in [-0.25, -0.2) is 4.79 Å². The van der Waals surface area contributed by atoms with Crippen molar-refractivity contribution in [2.75, 3.05) is 0 Å². The quantitative estimate of drug-likeness (QED) is 0.437. The Morgan fingerprint density at radius 3 is 1.97 bits per heavy atom. The lowest BCUT2D eigenvalue weighted by atomic mass is 10.1. The number of carbonyl (C=O) groups is 1. The van der Waals surface area contributed by atoms with Crippen LogP contribution >= 0.6 is 0 Å². The highest BCUT2D eigenvalue weighted by Crippen LogP contribution is 2.34. The molecular weight excluding hydrogens is 382 g/mol. The maximum atomic E-state index is 11.1. The van der Waals surface area contributed by atoms with E-state index in [1.807, 2.05) is 60.7 Å². The van der Waals surface area contributed by atoms with Crippen molar-refractivity contribution in [1.29, 1.82) is 0 Å². The minimum atomic E-state index is -1.15. The lowest BCUT2D eigenvalue weighted by Gasteiger charge is -2.14. The van der Waals surface area contributed by atoms with Crippen molar-refractivity contribution >= 4 is 5.97 Å². The van der Waals surface area contributed by atoms with Crippen LogP contribution in [0.25, 0.3) is 11.3 Å². The Balaban J connectivity index is 1.59. The van der Waals surface area contributed by atoms with Gasteiger partial charge in [-0.1, -0.05) is 65.8 Å². The number of rotatable bonds is 8. The minimum absolute atomic E-state index is 0.152. The van der Waals surface area contributed by atoms with Gasteiger partial charge in [0.2, 0.25) is 0 Å². The summed E-state index contributed by atoms with van der Waals surface area (Å²) in [6.45, 7) is 0.760. The van der Waals surface area contributed by atoms with E-state index in [1.165, 1.54) is 6.07 Å². The largest absolute Gasteiger partial charge is 0.485 e. The molecule has 150 valence electrons. The van der Waals surface area contributed by atoms with Gasteiger partial charge in [-0.2, -0.15) is 0 Å². The summed E-state index contributed by atoms with van der Waals surface area (Å²) in [5.74, 6) is 0.303. The Kier molecular flexibility index (Phi) is 5.75. The number of nitrogens with zero attached hydrogens (tertiary/aromatic N) is 1. The van der Waals surface area contributed by atoms with E-state index in [9.17, 15) is 4.79 Å². The molecule has 6 heteroatoms. The molecule has 0 atom stereocenters. The highest BCUT2D eigenvalue weighted by Gasteiger charge is 2.15. The lowest BCUT2D eigenvalue weighted by molar-refractivity contribution is 0.0686. The van der Waals surface area contributed by atoms with Crippen molar-refractivity contribution < 1.29 is 23.9 Å². The number of hydrogen-bond donors (Lipinski definition) is 1. The molecule has 3 aromatic carbocycles. The van der Waals surface area contributed by atoms with Gasteiger partial charge in [-0.3, -0.25) is 0 Å².